The highest BCUT2D eigenvalue weighted by molar-refractivity contribution is 7.92. The van der Waals surface area contributed by atoms with Crippen LogP contribution in [-0.2, 0) is 27.1 Å². The molecule has 35 heavy (non-hydrogen) atoms. The maximum Gasteiger partial charge on any atom is 0.263 e. The number of benzene rings is 3. The van der Waals surface area contributed by atoms with Crippen molar-refractivity contribution in [2.24, 2.45) is 0 Å². The summed E-state index contributed by atoms with van der Waals surface area (Å²) in [4.78, 5) is 15.3. The van der Waals surface area contributed by atoms with Crippen molar-refractivity contribution in [3.63, 3.8) is 0 Å². The van der Waals surface area contributed by atoms with Gasteiger partial charge in [-0.2, -0.15) is 0 Å². The first-order valence-electron chi connectivity index (χ1n) is 11.8. The smallest absolute Gasteiger partial charge is 0.263 e. The highest BCUT2D eigenvalue weighted by atomic mass is 32.2. The summed E-state index contributed by atoms with van der Waals surface area (Å²) in [5.41, 5.74) is 3.22. The minimum Gasteiger partial charge on any atom is -0.476 e. The standard InChI is InChI=1S/C27H31N3O4S/c1-3-29(4-2)23-16-14-21(15-17-23)18-28-27(31)26-19-30(24-12-8-9-13-25(24)34-26)35(32,33)20-22-10-6-5-7-11-22/h5-17,26H,3-4,18-20H2,1-2H3,(H,28,31)/t26-/m0/s1. The van der Waals surface area contributed by atoms with Gasteiger partial charge in [0.1, 0.15) is 5.75 Å². The highest BCUT2D eigenvalue weighted by Crippen LogP contribution is 2.35. The van der Waals surface area contributed by atoms with Crippen molar-refractivity contribution in [3.05, 3.63) is 90.0 Å². The first kappa shape index (κ1) is 24.6. The van der Waals surface area contributed by atoms with Crippen molar-refractivity contribution in [2.75, 3.05) is 28.8 Å². The molecule has 1 aliphatic rings. The van der Waals surface area contributed by atoms with E-state index in [0.29, 0.717) is 23.5 Å². The number of amides is 1. The van der Waals surface area contributed by atoms with Crippen LogP contribution in [0.4, 0.5) is 11.4 Å². The van der Waals surface area contributed by atoms with E-state index >= 15 is 0 Å². The summed E-state index contributed by atoms with van der Waals surface area (Å²) in [5, 5.41) is 2.90. The molecule has 184 valence electrons. The van der Waals surface area contributed by atoms with E-state index in [-0.39, 0.29) is 18.2 Å². The van der Waals surface area contributed by atoms with Crippen LogP contribution in [0.5, 0.6) is 5.75 Å². The molecule has 4 rings (SSSR count). The first-order chi connectivity index (χ1) is 16.9. The van der Waals surface area contributed by atoms with Gasteiger partial charge in [-0.15, -0.1) is 0 Å². The second-order valence-corrected chi connectivity index (χ2v) is 10.3. The quantitative estimate of drug-likeness (QED) is 0.488. The van der Waals surface area contributed by atoms with Crippen molar-refractivity contribution in [1.29, 1.82) is 0 Å². The molecule has 0 unspecified atom stereocenters. The summed E-state index contributed by atoms with van der Waals surface area (Å²) < 4.78 is 33.9. The number of nitrogens with zero attached hydrogens (tertiary/aromatic N) is 2. The average molecular weight is 494 g/mol. The zero-order valence-corrected chi connectivity index (χ0v) is 20.9. The number of ether oxygens (including phenoxy) is 1. The molecule has 1 amide bonds. The number of fused-ring (bicyclic) bond motifs is 1. The van der Waals surface area contributed by atoms with Gasteiger partial charge in [0.2, 0.25) is 10.0 Å². The SMILES string of the molecule is CCN(CC)c1ccc(CNC(=O)[C@@H]2CN(S(=O)(=O)Cc3ccccc3)c3ccccc3O2)cc1. The molecule has 0 aliphatic carbocycles. The van der Waals surface area contributed by atoms with Crippen LogP contribution in [0.25, 0.3) is 0 Å². The summed E-state index contributed by atoms with van der Waals surface area (Å²) in [6.45, 7) is 6.33. The Morgan fingerprint density at radius 3 is 2.29 bits per heavy atom. The molecule has 0 saturated carbocycles. The predicted octanol–water partition coefficient (Wildman–Crippen LogP) is 3.95. The third-order valence-electron chi connectivity index (χ3n) is 6.09. The van der Waals surface area contributed by atoms with E-state index in [0.717, 1.165) is 24.3 Å². The molecule has 3 aromatic rings. The second kappa shape index (κ2) is 10.8. The summed E-state index contributed by atoms with van der Waals surface area (Å²) in [7, 11) is -3.73. The van der Waals surface area contributed by atoms with E-state index in [1.165, 1.54) is 4.31 Å². The molecule has 3 aromatic carbocycles. The fourth-order valence-electron chi connectivity index (χ4n) is 4.18. The van der Waals surface area contributed by atoms with Gasteiger partial charge >= 0.3 is 0 Å². The van der Waals surface area contributed by atoms with Gasteiger partial charge in [-0.3, -0.25) is 9.10 Å². The third-order valence-corrected chi connectivity index (χ3v) is 7.80. The Morgan fingerprint density at radius 1 is 0.943 bits per heavy atom. The van der Waals surface area contributed by atoms with Crippen LogP contribution >= 0.6 is 0 Å². The minimum atomic E-state index is -3.73. The molecule has 1 atom stereocenters. The fourth-order valence-corrected chi connectivity index (χ4v) is 5.76. The zero-order chi connectivity index (χ0) is 24.8. The Labute approximate surface area is 207 Å². The van der Waals surface area contributed by atoms with Crippen molar-refractivity contribution in [1.82, 2.24) is 5.32 Å². The van der Waals surface area contributed by atoms with Crippen LogP contribution < -0.4 is 19.3 Å². The van der Waals surface area contributed by atoms with Crippen LogP contribution in [0.15, 0.2) is 78.9 Å². The maximum atomic E-state index is 13.3. The van der Waals surface area contributed by atoms with Gasteiger partial charge < -0.3 is 15.0 Å². The third kappa shape index (κ3) is 5.77. The summed E-state index contributed by atoms with van der Waals surface area (Å²) in [6, 6.07) is 24.0. The fraction of sp³-hybridized carbons (Fsp3) is 0.296. The second-order valence-electron chi connectivity index (χ2n) is 8.40. The lowest BCUT2D eigenvalue weighted by Crippen LogP contribution is -2.50. The number of nitrogens with one attached hydrogen (secondary N) is 1. The molecule has 8 heteroatoms. The van der Waals surface area contributed by atoms with Crippen LogP contribution in [0, 0.1) is 0 Å². The number of hydrogen-bond acceptors (Lipinski definition) is 5. The minimum absolute atomic E-state index is 0.0844. The van der Waals surface area contributed by atoms with E-state index in [2.05, 4.69) is 24.1 Å². The number of carbonyl (C=O) groups is 1. The van der Waals surface area contributed by atoms with Gasteiger partial charge in [0.25, 0.3) is 5.91 Å². The zero-order valence-electron chi connectivity index (χ0n) is 20.1. The first-order valence-corrected chi connectivity index (χ1v) is 13.4. The molecule has 7 nitrogen and oxygen atoms in total. The lowest BCUT2D eigenvalue weighted by atomic mass is 10.1. The predicted molar refractivity (Wildman–Crippen MR) is 139 cm³/mol. The Hall–Kier alpha value is -3.52. The van der Waals surface area contributed by atoms with Crippen LogP contribution in [-0.4, -0.2) is 40.1 Å². The molecule has 1 heterocycles. The topological polar surface area (TPSA) is 79.0 Å². The molecular weight excluding hydrogens is 462 g/mol. The van der Waals surface area contributed by atoms with Gasteiger partial charge in [0, 0.05) is 25.3 Å². The number of rotatable bonds is 9. The van der Waals surface area contributed by atoms with Gasteiger partial charge in [0.15, 0.2) is 6.10 Å². The van der Waals surface area contributed by atoms with Gasteiger partial charge in [-0.1, -0.05) is 54.6 Å². The van der Waals surface area contributed by atoms with Crippen LogP contribution in [0.1, 0.15) is 25.0 Å². The number of para-hydroxylation sites is 2. The maximum absolute atomic E-state index is 13.3. The van der Waals surface area contributed by atoms with Gasteiger partial charge in [-0.05, 0) is 49.2 Å². The van der Waals surface area contributed by atoms with Gasteiger partial charge in [-0.25, -0.2) is 8.42 Å². The Bertz CT molecular complexity index is 1240. The monoisotopic (exact) mass is 493 g/mol. The molecule has 0 saturated heterocycles. The molecule has 0 radical (unpaired) electrons. The van der Waals surface area contributed by atoms with Crippen molar-refractivity contribution >= 4 is 27.3 Å². The number of sulfonamides is 1. The van der Waals surface area contributed by atoms with Crippen molar-refractivity contribution < 1.29 is 17.9 Å². The molecular formula is C27H31N3O4S. The molecule has 0 spiro atoms. The molecule has 1 aliphatic heterocycles. The molecule has 0 aromatic heterocycles. The van der Waals surface area contributed by atoms with E-state index in [1.54, 1.807) is 36.4 Å². The van der Waals surface area contributed by atoms with Gasteiger partial charge in [0.05, 0.1) is 18.0 Å². The van der Waals surface area contributed by atoms with E-state index < -0.39 is 16.1 Å². The Morgan fingerprint density at radius 2 is 1.60 bits per heavy atom. The van der Waals surface area contributed by atoms with Crippen molar-refractivity contribution in [2.45, 2.75) is 32.2 Å². The van der Waals surface area contributed by atoms with E-state index in [1.807, 2.05) is 42.5 Å². The molecule has 0 bridgehead atoms. The number of carbonyl (C=O) groups excluding carboxylic acids is 1. The average Bonchev–Trinajstić information content (AvgIpc) is 2.88. The highest BCUT2D eigenvalue weighted by Gasteiger charge is 2.36. The lowest BCUT2D eigenvalue weighted by molar-refractivity contribution is -0.127. The lowest BCUT2D eigenvalue weighted by Gasteiger charge is -2.34. The van der Waals surface area contributed by atoms with E-state index in [9.17, 15) is 13.2 Å². The summed E-state index contributed by atoms with van der Waals surface area (Å²) in [5.74, 6) is -0.138. The Kier molecular flexibility index (Phi) is 7.60. The number of hydrogen-bond donors (Lipinski definition) is 1. The molecule has 0 fully saturated rings. The largest absolute Gasteiger partial charge is 0.476 e. The normalized spacial score (nSPS) is 15.1. The summed E-state index contributed by atoms with van der Waals surface area (Å²) in [6.07, 6.45) is -0.953. The van der Waals surface area contributed by atoms with Crippen molar-refractivity contribution in [3.8, 4) is 5.75 Å². The van der Waals surface area contributed by atoms with E-state index in [4.69, 9.17) is 4.74 Å². The van der Waals surface area contributed by atoms with Crippen LogP contribution in [0.2, 0.25) is 0 Å². The molecule has 1 N–H and O–H groups in total. The van der Waals surface area contributed by atoms with Crippen LogP contribution in [0.3, 0.4) is 0 Å². The summed E-state index contributed by atoms with van der Waals surface area (Å²) >= 11 is 0. The Balaban J connectivity index is 1.47. The number of anilines is 2.